The van der Waals surface area contributed by atoms with Gasteiger partial charge in [-0.2, -0.15) is 0 Å². The second-order valence-corrected chi connectivity index (χ2v) is 10.3. The summed E-state index contributed by atoms with van der Waals surface area (Å²) in [5, 5.41) is 19.5. The van der Waals surface area contributed by atoms with Crippen molar-refractivity contribution in [3.05, 3.63) is 24.3 Å². The molecule has 2 fully saturated rings. The number of aliphatic hydroxyl groups is 1. The number of unbranched alkanes of at least 4 members (excludes halogenated alkanes) is 1. The number of carbonyl (C=O) groups is 1. The average molecular weight is 461 g/mol. The Bertz CT molecular complexity index is 708. The van der Waals surface area contributed by atoms with E-state index >= 15 is 0 Å². The SMILES string of the molecule is CC#CCC(C)(C)[C@@H](/C=C/[C@@H]1[C@@H](C/C=C\CCCC(=O)O)[C@@H](O)C[C@H]1C)OC1CCCCO1. The molecule has 0 aromatic carbocycles. The summed E-state index contributed by atoms with van der Waals surface area (Å²) in [4.78, 5) is 10.7. The first-order valence-electron chi connectivity index (χ1n) is 12.6. The van der Waals surface area contributed by atoms with Gasteiger partial charge in [-0.1, -0.05) is 45.1 Å². The van der Waals surface area contributed by atoms with Gasteiger partial charge in [-0.05, 0) is 69.6 Å². The summed E-state index contributed by atoms with van der Waals surface area (Å²) in [7, 11) is 0. The predicted octanol–water partition coefficient (Wildman–Crippen LogP) is 5.73. The van der Waals surface area contributed by atoms with Crippen molar-refractivity contribution < 1.29 is 24.5 Å². The first-order valence-corrected chi connectivity index (χ1v) is 12.6. The molecule has 0 radical (unpaired) electrons. The van der Waals surface area contributed by atoms with Crippen LogP contribution in [0.15, 0.2) is 24.3 Å². The smallest absolute Gasteiger partial charge is 0.303 e. The number of rotatable bonds is 12. The molecule has 1 saturated carbocycles. The number of hydrogen-bond donors (Lipinski definition) is 2. The van der Waals surface area contributed by atoms with Gasteiger partial charge in [0.05, 0.1) is 12.2 Å². The summed E-state index contributed by atoms with van der Waals surface area (Å²) in [5.41, 5.74) is -0.152. The Hall–Kier alpha value is -1.61. The lowest BCUT2D eigenvalue weighted by molar-refractivity contribution is -0.196. The molecule has 1 saturated heterocycles. The van der Waals surface area contributed by atoms with Gasteiger partial charge in [-0.15, -0.1) is 11.8 Å². The fourth-order valence-electron chi connectivity index (χ4n) is 4.90. The molecule has 1 aliphatic heterocycles. The van der Waals surface area contributed by atoms with Crippen LogP contribution in [0.4, 0.5) is 0 Å². The number of hydrogen-bond acceptors (Lipinski definition) is 4. The molecular formula is C28H44O5. The molecule has 186 valence electrons. The normalized spacial score (nSPS) is 29.3. The molecule has 0 bridgehead atoms. The van der Waals surface area contributed by atoms with E-state index in [2.05, 4.69) is 56.9 Å². The lowest BCUT2D eigenvalue weighted by Crippen LogP contribution is -2.36. The van der Waals surface area contributed by atoms with Crippen molar-refractivity contribution >= 4 is 5.97 Å². The van der Waals surface area contributed by atoms with Gasteiger partial charge in [0.25, 0.3) is 0 Å². The molecule has 6 atom stereocenters. The number of allylic oxidation sites excluding steroid dienone is 3. The molecule has 2 N–H and O–H groups in total. The minimum atomic E-state index is -0.753. The highest BCUT2D eigenvalue weighted by Crippen LogP contribution is 2.41. The van der Waals surface area contributed by atoms with Crippen molar-refractivity contribution in [2.45, 2.75) is 104 Å². The van der Waals surface area contributed by atoms with E-state index in [9.17, 15) is 9.90 Å². The van der Waals surface area contributed by atoms with Crippen LogP contribution in [0, 0.1) is 35.0 Å². The van der Waals surface area contributed by atoms with E-state index < -0.39 is 5.97 Å². The van der Waals surface area contributed by atoms with Crippen molar-refractivity contribution in [3.63, 3.8) is 0 Å². The minimum absolute atomic E-state index is 0.112. The highest BCUT2D eigenvalue weighted by atomic mass is 16.7. The highest BCUT2D eigenvalue weighted by molar-refractivity contribution is 5.66. The van der Waals surface area contributed by atoms with Crippen LogP contribution < -0.4 is 0 Å². The molecule has 0 amide bonds. The molecule has 2 aliphatic rings. The third-order valence-electron chi connectivity index (χ3n) is 7.03. The van der Waals surface area contributed by atoms with Gasteiger partial charge in [-0.25, -0.2) is 0 Å². The summed E-state index contributed by atoms with van der Waals surface area (Å²) in [6, 6.07) is 0. The molecule has 1 aliphatic carbocycles. The average Bonchev–Trinajstić information content (AvgIpc) is 3.04. The standard InChI is InChI=1S/C28H44O5/c1-5-6-18-28(3,4)25(33-27-15-11-12-19-32-27)17-16-22-21(2)20-24(29)23(22)13-9-7-8-10-14-26(30)31/h7,9,16-17,21-25,27,29H,8,10-15,18-20H2,1-4H3,(H,30,31)/b9-7-,17-16+/t21-,22+,23-,24+,25-,27?/m1/s1. The maximum Gasteiger partial charge on any atom is 0.303 e. The maximum atomic E-state index is 10.7. The highest BCUT2D eigenvalue weighted by Gasteiger charge is 2.39. The molecule has 0 aromatic heterocycles. The summed E-state index contributed by atoms with van der Waals surface area (Å²) >= 11 is 0. The van der Waals surface area contributed by atoms with Crippen LogP contribution in [0.3, 0.4) is 0 Å². The van der Waals surface area contributed by atoms with Gasteiger partial charge in [0.2, 0.25) is 0 Å². The number of carboxylic acids is 1. The van der Waals surface area contributed by atoms with Gasteiger partial charge < -0.3 is 19.7 Å². The Labute approximate surface area is 200 Å². The first-order chi connectivity index (χ1) is 15.7. The number of aliphatic hydroxyl groups excluding tert-OH is 1. The van der Waals surface area contributed by atoms with E-state index in [0.29, 0.717) is 12.3 Å². The maximum absolute atomic E-state index is 10.7. The second kappa shape index (κ2) is 13.9. The third-order valence-corrected chi connectivity index (χ3v) is 7.03. The topological polar surface area (TPSA) is 76.0 Å². The van der Waals surface area contributed by atoms with Gasteiger partial charge >= 0.3 is 5.97 Å². The summed E-state index contributed by atoms with van der Waals surface area (Å²) in [6.07, 6.45) is 15.1. The summed E-state index contributed by atoms with van der Waals surface area (Å²) in [5.74, 6) is 6.31. The monoisotopic (exact) mass is 460 g/mol. The Kier molecular flexibility index (Phi) is 11.7. The van der Waals surface area contributed by atoms with Crippen LogP contribution in [-0.2, 0) is 14.3 Å². The van der Waals surface area contributed by atoms with E-state index in [1.54, 1.807) is 0 Å². The van der Waals surface area contributed by atoms with Crippen LogP contribution in [0.2, 0.25) is 0 Å². The molecule has 5 heteroatoms. The molecule has 33 heavy (non-hydrogen) atoms. The Morgan fingerprint density at radius 3 is 2.76 bits per heavy atom. The van der Waals surface area contributed by atoms with Gasteiger partial charge in [-0.3, -0.25) is 4.79 Å². The van der Waals surface area contributed by atoms with Gasteiger partial charge in [0.15, 0.2) is 6.29 Å². The summed E-state index contributed by atoms with van der Waals surface area (Å²) < 4.78 is 12.3. The van der Waals surface area contributed by atoms with Crippen molar-refractivity contribution in [2.24, 2.45) is 23.2 Å². The number of carboxylic acid groups (broad SMARTS) is 1. The molecule has 1 heterocycles. The van der Waals surface area contributed by atoms with E-state index in [1.807, 2.05) is 6.92 Å². The molecule has 2 rings (SSSR count). The second-order valence-electron chi connectivity index (χ2n) is 10.3. The number of aliphatic carboxylic acids is 1. The van der Waals surface area contributed by atoms with Crippen molar-refractivity contribution in [2.75, 3.05) is 6.61 Å². The molecule has 5 nitrogen and oxygen atoms in total. The molecule has 0 spiro atoms. The van der Waals surface area contributed by atoms with Gasteiger partial charge in [0.1, 0.15) is 0 Å². The minimum Gasteiger partial charge on any atom is -0.481 e. The Morgan fingerprint density at radius 2 is 2.09 bits per heavy atom. The fourth-order valence-corrected chi connectivity index (χ4v) is 4.90. The fraction of sp³-hybridized carbons (Fsp3) is 0.750. The van der Waals surface area contributed by atoms with Crippen LogP contribution in [0.25, 0.3) is 0 Å². The molecular weight excluding hydrogens is 416 g/mol. The van der Waals surface area contributed by atoms with E-state index in [1.165, 1.54) is 0 Å². The largest absolute Gasteiger partial charge is 0.481 e. The Balaban J connectivity index is 2.07. The third kappa shape index (κ3) is 9.27. The van der Waals surface area contributed by atoms with E-state index in [4.69, 9.17) is 14.6 Å². The first kappa shape index (κ1) is 27.6. The van der Waals surface area contributed by atoms with Crippen molar-refractivity contribution in [3.8, 4) is 11.8 Å². The van der Waals surface area contributed by atoms with Crippen LogP contribution in [0.1, 0.15) is 85.5 Å². The number of ether oxygens (including phenoxy) is 2. The quantitative estimate of drug-likeness (QED) is 0.221. The summed E-state index contributed by atoms with van der Waals surface area (Å²) in [6.45, 7) is 9.22. The lowest BCUT2D eigenvalue weighted by atomic mass is 9.81. The zero-order chi connectivity index (χ0) is 24.3. The zero-order valence-electron chi connectivity index (χ0n) is 21.0. The molecule has 0 aromatic rings. The van der Waals surface area contributed by atoms with Crippen molar-refractivity contribution in [1.29, 1.82) is 0 Å². The van der Waals surface area contributed by atoms with Crippen LogP contribution in [-0.4, -0.2) is 41.3 Å². The Morgan fingerprint density at radius 1 is 1.30 bits per heavy atom. The van der Waals surface area contributed by atoms with Crippen LogP contribution >= 0.6 is 0 Å². The predicted molar refractivity (Wildman–Crippen MR) is 131 cm³/mol. The molecule has 1 unspecified atom stereocenters. The van der Waals surface area contributed by atoms with Crippen molar-refractivity contribution in [1.82, 2.24) is 0 Å². The van der Waals surface area contributed by atoms with E-state index in [-0.39, 0.29) is 42.2 Å². The van der Waals surface area contributed by atoms with Gasteiger partial charge in [0, 0.05) is 24.9 Å². The van der Waals surface area contributed by atoms with E-state index in [0.717, 1.165) is 51.6 Å². The lowest BCUT2D eigenvalue weighted by Gasteiger charge is -2.35. The van der Waals surface area contributed by atoms with Crippen LogP contribution in [0.5, 0.6) is 0 Å². The zero-order valence-corrected chi connectivity index (χ0v) is 21.0.